The molecule has 0 saturated heterocycles. The molecule has 2 N–H and O–H groups in total. The minimum absolute atomic E-state index is 0.154. The van der Waals surface area contributed by atoms with E-state index in [0.717, 1.165) is 11.3 Å². The Hall–Kier alpha value is -2.93. The molecular weight excluding hydrogens is 362 g/mol. The number of benzene rings is 2. The molecule has 3 aromatic rings. The number of hydrogen-bond donors (Lipinski definition) is 2. The quantitative estimate of drug-likeness (QED) is 0.683. The number of fused-ring (bicyclic) bond motifs is 2. The van der Waals surface area contributed by atoms with Crippen molar-refractivity contribution in [3.8, 4) is 5.75 Å². The van der Waals surface area contributed by atoms with E-state index in [4.69, 9.17) is 17.0 Å². The summed E-state index contributed by atoms with van der Waals surface area (Å²) in [5.41, 5.74) is 1.33. The van der Waals surface area contributed by atoms with Crippen molar-refractivity contribution in [3.63, 3.8) is 0 Å². The Balaban J connectivity index is 1.65. The van der Waals surface area contributed by atoms with Gasteiger partial charge in [0.05, 0.1) is 23.6 Å². The zero-order valence-electron chi connectivity index (χ0n) is 14.8. The lowest BCUT2D eigenvalue weighted by molar-refractivity contribution is -0.124. The predicted octanol–water partition coefficient (Wildman–Crippen LogP) is 3.26. The highest BCUT2D eigenvalue weighted by atomic mass is 32.1. The van der Waals surface area contributed by atoms with E-state index in [1.54, 1.807) is 25.1 Å². The van der Waals surface area contributed by atoms with E-state index >= 15 is 0 Å². The van der Waals surface area contributed by atoms with Gasteiger partial charge in [0.2, 0.25) is 5.91 Å². The van der Waals surface area contributed by atoms with Crippen LogP contribution in [-0.2, 0) is 4.79 Å². The Bertz CT molecular complexity index is 1140. The van der Waals surface area contributed by atoms with Gasteiger partial charge in [0, 0.05) is 12.0 Å². The van der Waals surface area contributed by atoms with Gasteiger partial charge in [-0.2, -0.15) is 0 Å². The van der Waals surface area contributed by atoms with Gasteiger partial charge in [0.1, 0.15) is 11.8 Å². The summed E-state index contributed by atoms with van der Waals surface area (Å²) in [6.07, 6.45) is 0.676. The Morgan fingerprint density at radius 2 is 2.00 bits per heavy atom. The topological polar surface area (TPSA) is 76.1 Å². The van der Waals surface area contributed by atoms with Crippen LogP contribution in [0, 0.1) is 4.77 Å². The number of para-hydroxylation sites is 2. The van der Waals surface area contributed by atoms with Crippen LogP contribution in [-0.4, -0.2) is 22.1 Å². The summed E-state index contributed by atoms with van der Waals surface area (Å²) in [5.74, 6) is 0.524. The highest BCUT2D eigenvalue weighted by Crippen LogP contribution is 2.31. The summed E-state index contributed by atoms with van der Waals surface area (Å²) >= 11 is 5.34. The van der Waals surface area contributed by atoms with Gasteiger partial charge < -0.3 is 15.0 Å². The molecule has 7 heteroatoms. The highest BCUT2D eigenvalue weighted by molar-refractivity contribution is 7.71. The molecule has 2 heterocycles. The first-order valence-electron chi connectivity index (χ1n) is 8.82. The second-order valence-corrected chi connectivity index (χ2v) is 6.95. The molecule has 138 valence electrons. The minimum atomic E-state index is -0.735. The molecule has 27 heavy (non-hydrogen) atoms. The van der Waals surface area contributed by atoms with Gasteiger partial charge in [-0.1, -0.05) is 30.3 Å². The zero-order valence-corrected chi connectivity index (χ0v) is 15.6. The summed E-state index contributed by atoms with van der Waals surface area (Å²) in [6.45, 7) is 2.21. The molecule has 0 saturated carbocycles. The zero-order chi connectivity index (χ0) is 19.0. The molecular formula is C20H19N3O3S. The average molecular weight is 381 g/mol. The van der Waals surface area contributed by atoms with Crippen molar-refractivity contribution in [3.05, 3.63) is 69.2 Å². The normalized spacial score (nSPS) is 17.0. The van der Waals surface area contributed by atoms with Crippen LogP contribution >= 0.6 is 12.2 Å². The second-order valence-electron chi connectivity index (χ2n) is 6.56. The lowest BCUT2D eigenvalue weighted by atomic mass is 10.0. The molecule has 0 unspecified atom stereocenters. The maximum absolute atomic E-state index is 12.9. The number of H-pyrrole nitrogens is 1. The molecule has 6 nitrogen and oxygen atoms in total. The lowest BCUT2D eigenvalue weighted by Gasteiger charge is -2.28. The third kappa shape index (κ3) is 3.14. The fourth-order valence-electron chi connectivity index (χ4n) is 3.43. The minimum Gasteiger partial charge on any atom is -0.493 e. The van der Waals surface area contributed by atoms with Gasteiger partial charge >= 0.3 is 0 Å². The number of rotatable bonds is 3. The van der Waals surface area contributed by atoms with E-state index in [2.05, 4.69) is 10.3 Å². The third-order valence-corrected chi connectivity index (χ3v) is 5.18. The molecule has 4 rings (SSSR count). The van der Waals surface area contributed by atoms with E-state index in [1.807, 2.05) is 30.3 Å². The van der Waals surface area contributed by atoms with E-state index in [-0.39, 0.29) is 22.3 Å². The van der Waals surface area contributed by atoms with Gasteiger partial charge in [-0.05, 0) is 37.3 Å². The third-order valence-electron chi connectivity index (χ3n) is 4.88. The van der Waals surface area contributed by atoms with Crippen LogP contribution in [0.3, 0.4) is 0 Å². The Labute approximate surface area is 160 Å². The summed E-state index contributed by atoms with van der Waals surface area (Å²) in [4.78, 5) is 28.8. The van der Waals surface area contributed by atoms with Crippen molar-refractivity contribution in [2.45, 2.75) is 25.4 Å². The van der Waals surface area contributed by atoms with Crippen LogP contribution < -0.4 is 15.6 Å². The van der Waals surface area contributed by atoms with Crippen molar-refractivity contribution in [2.75, 3.05) is 6.61 Å². The van der Waals surface area contributed by atoms with Gasteiger partial charge in [-0.25, -0.2) is 0 Å². The first-order chi connectivity index (χ1) is 13.1. The van der Waals surface area contributed by atoms with E-state index < -0.39 is 6.04 Å². The van der Waals surface area contributed by atoms with E-state index in [1.165, 1.54) is 4.57 Å². The van der Waals surface area contributed by atoms with E-state index in [0.29, 0.717) is 23.9 Å². The number of amides is 1. The largest absolute Gasteiger partial charge is 0.493 e. The number of hydrogen-bond acceptors (Lipinski definition) is 4. The van der Waals surface area contributed by atoms with Crippen molar-refractivity contribution in [1.29, 1.82) is 0 Å². The Kier molecular flexibility index (Phi) is 4.53. The first kappa shape index (κ1) is 17.5. The molecule has 0 aliphatic carbocycles. The number of ether oxygens (including phenoxy) is 1. The van der Waals surface area contributed by atoms with Gasteiger partial charge in [0.25, 0.3) is 5.56 Å². The van der Waals surface area contributed by atoms with Crippen LogP contribution in [0.4, 0.5) is 0 Å². The molecule has 1 amide bonds. The number of aromatic amines is 1. The Morgan fingerprint density at radius 3 is 2.85 bits per heavy atom. The molecule has 2 atom stereocenters. The van der Waals surface area contributed by atoms with Crippen LogP contribution in [0.1, 0.15) is 31.0 Å². The summed E-state index contributed by atoms with van der Waals surface area (Å²) < 4.78 is 7.20. The van der Waals surface area contributed by atoms with Crippen LogP contribution in [0.2, 0.25) is 0 Å². The second kappa shape index (κ2) is 7.00. The standard InChI is InChI=1S/C20H19N3O3S/c1-12(23-19(25)14-7-2-4-8-15(14)22-20(23)27)18(24)21-16-10-11-26-17-9-5-3-6-13(16)17/h2-9,12,16H,10-11H2,1H3,(H,21,24)(H,22,27)/t12-,16-/m0/s1. The maximum Gasteiger partial charge on any atom is 0.262 e. The molecule has 2 aromatic carbocycles. The molecule has 1 aliphatic heterocycles. The molecule has 0 fully saturated rings. The number of carbonyl (C=O) groups excluding carboxylic acids is 1. The smallest absolute Gasteiger partial charge is 0.262 e. The maximum atomic E-state index is 12.9. The number of nitrogens with zero attached hydrogens (tertiary/aromatic N) is 1. The summed E-state index contributed by atoms with van der Waals surface area (Å²) in [6, 6.07) is 13.9. The monoisotopic (exact) mass is 381 g/mol. The van der Waals surface area contributed by atoms with Gasteiger partial charge in [-0.15, -0.1) is 0 Å². The van der Waals surface area contributed by atoms with Crippen LogP contribution in [0.15, 0.2) is 53.3 Å². The molecule has 1 aromatic heterocycles. The first-order valence-corrected chi connectivity index (χ1v) is 9.23. The van der Waals surface area contributed by atoms with Gasteiger partial charge in [-0.3, -0.25) is 14.2 Å². The molecule has 0 radical (unpaired) electrons. The fraction of sp³-hybridized carbons (Fsp3) is 0.250. The number of nitrogens with one attached hydrogen (secondary N) is 2. The lowest BCUT2D eigenvalue weighted by Crippen LogP contribution is -2.39. The molecule has 0 bridgehead atoms. The van der Waals surface area contributed by atoms with Crippen molar-refractivity contribution >= 4 is 29.0 Å². The van der Waals surface area contributed by atoms with E-state index in [9.17, 15) is 9.59 Å². The number of aromatic nitrogens is 2. The SMILES string of the molecule is C[C@@H](C(=O)N[C@H]1CCOc2ccccc21)n1c(=S)[nH]c2ccccc2c1=O. The predicted molar refractivity (Wildman–Crippen MR) is 106 cm³/mol. The van der Waals surface area contributed by atoms with Crippen LogP contribution in [0.5, 0.6) is 5.75 Å². The summed E-state index contributed by atoms with van der Waals surface area (Å²) in [7, 11) is 0. The highest BCUT2D eigenvalue weighted by Gasteiger charge is 2.26. The Morgan fingerprint density at radius 1 is 1.26 bits per heavy atom. The number of carbonyl (C=O) groups is 1. The summed E-state index contributed by atoms with van der Waals surface area (Å²) in [5, 5.41) is 3.54. The van der Waals surface area contributed by atoms with Crippen molar-refractivity contribution in [1.82, 2.24) is 14.9 Å². The van der Waals surface area contributed by atoms with Crippen LogP contribution in [0.25, 0.3) is 10.9 Å². The molecule has 0 spiro atoms. The van der Waals surface area contributed by atoms with Crippen molar-refractivity contribution < 1.29 is 9.53 Å². The fourth-order valence-corrected chi connectivity index (χ4v) is 3.78. The average Bonchev–Trinajstić information content (AvgIpc) is 2.68. The van der Waals surface area contributed by atoms with Gasteiger partial charge in [0.15, 0.2) is 4.77 Å². The molecule has 1 aliphatic rings. The van der Waals surface area contributed by atoms with Crippen molar-refractivity contribution in [2.24, 2.45) is 0 Å².